The van der Waals surface area contributed by atoms with Crippen molar-refractivity contribution in [1.82, 2.24) is 20.0 Å². The Morgan fingerprint density at radius 3 is 3.00 bits per heavy atom. The monoisotopic (exact) mass is 222 g/mol. The van der Waals surface area contributed by atoms with Gasteiger partial charge in [-0.2, -0.15) is 5.10 Å². The van der Waals surface area contributed by atoms with Gasteiger partial charge in [0.1, 0.15) is 0 Å². The molecule has 5 heteroatoms. The Morgan fingerprint density at radius 2 is 2.44 bits per heavy atom. The number of hydrogen-bond donors (Lipinski definition) is 1. The van der Waals surface area contributed by atoms with Gasteiger partial charge in [-0.05, 0) is 18.9 Å². The molecule has 16 heavy (non-hydrogen) atoms. The Morgan fingerprint density at radius 1 is 1.69 bits per heavy atom. The van der Waals surface area contributed by atoms with Crippen LogP contribution in [0.15, 0.2) is 12.3 Å². The number of hydrogen-bond acceptors (Lipinski definition) is 3. The molecular formula is C11H18N4O. The van der Waals surface area contributed by atoms with E-state index < -0.39 is 0 Å². The molecule has 0 saturated heterocycles. The third kappa shape index (κ3) is 2.61. The zero-order valence-corrected chi connectivity index (χ0v) is 9.81. The molecule has 1 N–H and O–H groups in total. The van der Waals surface area contributed by atoms with Gasteiger partial charge in [-0.3, -0.25) is 9.48 Å². The minimum atomic E-state index is 0.171. The third-order valence-corrected chi connectivity index (χ3v) is 2.99. The van der Waals surface area contributed by atoms with Gasteiger partial charge in [0.25, 0.3) is 0 Å². The number of rotatable bonds is 5. The molecule has 2 rings (SSSR count). The second-order valence-corrected chi connectivity index (χ2v) is 4.29. The predicted octanol–water partition coefficient (Wildman–Crippen LogP) is 0.130. The first-order valence-corrected chi connectivity index (χ1v) is 5.61. The largest absolute Gasteiger partial charge is 0.342 e. The lowest BCUT2D eigenvalue weighted by molar-refractivity contribution is -0.129. The maximum atomic E-state index is 11.7. The van der Waals surface area contributed by atoms with Gasteiger partial charge < -0.3 is 10.2 Å². The van der Waals surface area contributed by atoms with Crippen molar-refractivity contribution in [2.75, 3.05) is 13.6 Å². The van der Waals surface area contributed by atoms with Crippen molar-refractivity contribution < 1.29 is 4.79 Å². The number of nitrogens with one attached hydrogen (secondary N) is 1. The minimum absolute atomic E-state index is 0.171. The molecule has 1 aliphatic carbocycles. The Labute approximate surface area is 95.4 Å². The van der Waals surface area contributed by atoms with E-state index in [9.17, 15) is 4.79 Å². The highest BCUT2D eigenvalue weighted by Gasteiger charge is 2.28. The molecule has 1 aromatic rings. The summed E-state index contributed by atoms with van der Waals surface area (Å²) in [5.74, 6) is 0.171. The summed E-state index contributed by atoms with van der Waals surface area (Å²) in [6.45, 7) is 1.08. The van der Waals surface area contributed by atoms with Crippen LogP contribution in [0.1, 0.15) is 18.5 Å². The molecule has 0 unspecified atom stereocenters. The van der Waals surface area contributed by atoms with Gasteiger partial charge >= 0.3 is 0 Å². The van der Waals surface area contributed by atoms with E-state index in [-0.39, 0.29) is 5.91 Å². The second kappa shape index (κ2) is 4.65. The van der Waals surface area contributed by atoms with Crippen molar-refractivity contribution in [1.29, 1.82) is 0 Å². The molecule has 1 amide bonds. The molecule has 0 aliphatic heterocycles. The number of likely N-dealkylation sites (N-methyl/N-ethyl adjacent to an activating group) is 1. The van der Waals surface area contributed by atoms with Crippen molar-refractivity contribution >= 4 is 5.91 Å². The number of nitrogens with zero attached hydrogens (tertiary/aromatic N) is 3. The van der Waals surface area contributed by atoms with Crippen molar-refractivity contribution in [2.45, 2.75) is 25.4 Å². The Balaban J connectivity index is 1.71. The van der Waals surface area contributed by atoms with E-state index in [0.29, 0.717) is 19.1 Å². The van der Waals surface area contributed by atoms with E-state index in [0.717, 1.165) is 18.5 Å². The lowest BCUT2D eigenvalue weighted by Crippen LogP contribution is -2.36. The molecule has 0 aromatic carbocycles. The fourth-order valence-electron chi connectivity index (χ4n) is 1.66. The van der Waals surface area contributed by atoms with Crippen LogP contribution in [0.3, 0.4) is 0 Å². The van der Waals surface area contributed by atoms with Crippen LogP contribution >= 0.6 is 0 Å². The van der Waals surface area contributed by atoms with E-state index in [1.54, 1.807) is 6.20 Å². The maximum Gasteiger partial charge on any atom is 0.236 e. The smallest absolute Gasteiger partial charge is 0.236 e. The highest BCUT2D eigenvalue weighted by Crippen LogP contribution is 2.24. The van der Waals surface area contributed by atoms with Crippen LogP contribution < -0.4 is 5.32 Å². The van der Waals surface area contributed by atoms with Crippen LogP contribution in [0.2, 0.25) is 0 Å². The van der Waals surface area contributed by atoms with Gasteiger partial charge in [-0.1, -0.05) is 0 Å². The second-order valence-electron chi connectivity index (χ2n) is 4.29. The van der Waals surface area contributed by atoms with Gasteiger partial charge in [0.05, 0.1) is 12.2 Å². The molecule has 1 fully saturated rings. The fraction of sp³-hybridized carbons (Fsp3) is 0.636. The van der Waals surface area contributed by atoms with Crippen molar-refractivity contribution in [3.63, 3.8) is 0 Å². The number of carbonyl (C=O) groups excluding carboxylic acids is 1. The zero-order valence-electron chi connectivity index (χ0n) is 9.81. The summed E-state index contributed by atoms with van der Waals surface area (Å²) in [5.41, 5.74) is 1.09. The molecule has 1 aliphatic rings. The van der Waals surface area contributed by atoms with Gasteiger partial charge in [-0.15, -0.1) is 0 Å². The molecule has 1 aromatic heterocycles. The molecule has 0 radical (unpaired) electrons. The molecule has 88 valence electrons. The van der Waals surface area contributed by atoms with Crippen LogP contribution in [0.25, 0.3) is 0 Å². The Hall–Kier alpha value is -1.36. The molecule has 0 atom stereocenters. The maximum absolute atomic E-state index is 11.7. The van der Waals surface area contributed by atoms with Crippen LogP contribution in [-0.4, -0.2) is 40.2 Å². The van der Waals surface area contributed by atoms with E-state index in [1.165, 1.54) is 0 Å². The molecule has 1 heterocycles. The summed E-state index contributed by atoms with van der Waals surface area (Å²) >= 11 is 0. The zero-order chi connectivity index (χ0) is 11.5. The summed E-state index contributed by atoms with van der Waals surface area (Å²) in [5, 5.41) is 7.21. The Bertz CT molecular complexity index is 370. The number of amides is 1. The minimum Gasteiger partial charge on any atom is -0.342 e. The fourth-order valence-corrected chi connectivity index (χ4v) is 1.66. The topological polar surface area (TPSA) is 50.2 Å². The summed E-state index contributed by atoms with van der Waals surface area (Å²) in [6, 6.07) is 2.44. The summed E-state index contributed by atoms with van der Waals surface area (Å²) in [6.07, 6.45) is 4.07. The summed E-state index contributed by atoms with van der Waals surface area (Å²) in [7, 11) is 3.78. The van der Waals surface area contributed by atoms with Crippen LogP contribution in [0.5, 0.6) is 0 Å². The van der Waals surface area contributed by atoms with E-state index in [1.807, 2.05) is 29.7 Å². The number of aromatic nitrogens is 2. The quantitative estimate of drug-likeness (QED) is 0.770. The van der Waals surface area contributed by atoms with Crippen molar-refractivity contribution in [3.8, 4) is 0 Å². The van der Waals surface area contributed by atoms with Crippen molar-refractivity contribution in [2.24, 2.45) is 7.05 Å². The van der Waals surface area contributed by atoms with Gasteiger partial charge in [0.2, 0.25) is 5.91 Å². The molecule has 1 saturated carbocycles. The third-order valence-electron chi connectivity index (χ3n) is 2.99. The van der Waals surface area contributed by atoms with E-state index in [2.05, 4.69) is 10.4 Å². The van der Waals surface area contributed by atoms with Crippen molar-refractivity contribution in [3.05, 3.63) is 18.0 Å². The van der Waals surface area contributed by atoms with Crippen LogP contribution in [0, 0.1) is 0 Å². The van der Waals surface area contributed by atoms with Gasteiger partial charge in [0, 0.05) is 32.9 Å². The van der Waals surface area contributed by atoms with E-state index >= 15 is 0 Å². The summed E-state index contributed by atoms with van der Waals surface area (Å²) < 4.78 is 1.81. The Kier molecular flexibility index (Phi) is 3.24. The first-order valence-electron chi connectivity index (χ1n) is 5.61. The molecule has 0 bridgehead atoms. The number of carbonyl (C=O) groups is 1. The van der Waals surface area contributed by atoms with Gasteiger partial charge in [-0.25, -0.2) is 0 Å². The highest BCUT2D eigenvalue weighted by atomic mass is 16.2. The van der Waals surface area contributed by atoms with Gasteiger partial charge in [0.15, 0.2) is 0 Å². The standard InChI is InChI=1S/C11H18N4O/c1-14(9-3-4-9)11(16)8-12-7-10-5-6-13-15(10)2/h5-6,9,12H,3-4,7-8H2,1-2H3. The summed E-state index contributed by atoms with van der Waals surface area (Å²) in [4.78, 5) is 13.5. The molecule has 0 spiro atoms. The lowest BCUT2D eigenvalue weighted by Gasteiger charge is -2.16. The average molecular weight is 222 g/mol. The number of aryl methyl sites for hydroxylation is 1. The highest BCUT2D eigenvalue weighted by molar-refractivity contribution is 5.78. The molecular weight excluding hydrogens is 204 g/mol. The van der Waals surface area contributed by atoms with E-state index in [4.69, 9.17) is 0 Å². The lowest BCUT2D eigenvalue weighted by atomic mass is 10.4. The predicted molar refractivity (Wildman–Crippen MR) is 60.7 cm³/mol. The first-order chi connectivity index (χ1) is 7.68. The van der Waals surface area contributed by atoms with Crippen LogP contribution in [0.4, 0.5) is 0 Å². The molecule has 5 nitrogen and oxygen atoms in total. The SMILES string of the molecule is CN(C(=O)CNCc1ccnn1C)C1CC1. The normalized spacial score (nSPS) is 15.1. The van der Waals surface area contributed by atoms with Crippen LogP contribution in [-0.2, 0) is 18.4 Å². The average Bonchev–Trinajstić information content (AvgIpc) is 3.03. The first kappa shape index (κ1) is 11.1.